The number of likely N-dealkylation sites (tertiary alicyclic amines) is 1. The molecule has 2 aliphatic heterocycles. The van der Waals surface area contributed by atoms with E-state index >= 15 is 0 Å². The van der Waals surface area contributed by atoms with E-state index in [1.165, 1.54) is 0 Å². The molecule has 0 aromatic rings. The predicted octanol–water partition coefficient (Wildman–Crippen LogP) is 0.892. The van der Waals surface area contributed by atoms with Crippen molar-refractivity contribution in [1.29, 1.82) is 0 Å². The van der Waals surface area contributed by atoms with Gasteiger partial charge in [0, 0.05) is 19.1 Å². The molecule has 3 fully saturated rings. The molecule has 2 saturated heterocycles. The van der Waals surface area contributed by atoms with E-state index in [0.717, 1.165) is 64.6 Å². The summed E-state index contributed by atoms with van der Waals surface area (Å²) in [5.74, 6) is 0.385. The van der Waals surface area contributed by atoms with Crippen molar-refractivity contribution < 1.29 is 9.90 Å². The number of hydrogen-bond donors (Lipinski definition) is 2. The molecule has 2 heterocycles. The summed E-state index contributed by atoms with van der Waals surface area (Å²) >= 11 is 0. The monoisotopic (exact) mass is 252 g/mol. The summed E-state index contributed by atoms with van der Waals surface area (Å²) in [6.07, 6.45) is 6.77. The third-order valence-electron chi connectivity index (χ3n) is 5.13. The molecule has 0 aromatic carbocycles. The second-order valence-electron chi connectivity index (χ2n) is 6.27. The van der Waals surface area contributed by atoms with Crippen LogP contribution in [0.15, 0.2) is 0 Å². The Morgan fingerprint density at radius 3 is 2.67 bits per heavy atom. The number of nitrogens with one attached hydrogen (secondary N) is 1. The van der Waals surface area contributed by atoms with Crippen LogP contribution in [0, 0.1) is 5.41 Å². The molecule has 102 valence electrons. The van der Waals surface area contributed by atoms with Crippen LogP contribution in [-0.4, -0.2) is 47.7 Å². The molecule has 4 nitrogen and oxygen atoms in total. The summed E-state index contributed by atoms with van der Waals surface area (Å²) in [6, 6.07) is 0.391. The molecule has 4 heteroatoms. The summed E-state index contributed by atoms with van der Waals surface area (Å²) in [5, 5.41) is 13.0. The topological polar surface area (TPSA) is 52.6 Å². The lowest BCUT2D eigenvalue weighted by Crippen LogP contribution is -2.48. The Kier molecular flexibility index (Phi) is 3.32. The van der Waals surface area contributed by atoms with E-state index in [-0.39, 0.29) is 11.5 Å². The highest BCUT2D eigenvalue weighted by Crippen LogP contribution is 2.40. The fourth-order valence-corrected chi connectivity index (χ4v) is 3.93. The van der Waals surface area contributed by atoms with E-state index in [1.807, 2.05) is 0 Å². The van der Waals surface area contributed by atoms with Crippen molar-refractivity contribution in [2.24, 2.45) is 5.41 Å². The SMILES string of the molecule is O=C1N(C2CCC(O)CC2)CC[C@@]12CCCNC2. The molecule has 18 heavy (non-hydrogen) atoms. The number of amides is 1. The van der Waals surface area contributed by atoms with Gasteiger partial charge in [-0.2, -0.15) is 0 Å². The molecule has 1 spiro atoms. The second-order valence-corrected chi connectivity index (χ2v) is 6.27. The van der Waals surface area contributed by atoms with Crippen LogP contribution in [0.25, 0.3) is 0 Å². The molecule has 0 radical (unpaired) electrons. The van der Waals surface area contributed by atoms with E-state index in [1.54, 1.807) is 0 Å². The van der Waals surface area contributed by atoms with E-state index in [9.17, 15) is 9.90 Å². The molecular formula is C14H24N2O2. The normalized spacial score (nSPS) is 41.6. The molecule has 1 saturated carbocycles. The maximum atomic E-state index is 12.7. The average molecular weight is 252 g/mol. The molecular weight excluding hydrogens is 228 g/mol. The highest BCUT2D eigenvalue weighted by atomic mass is 16.3. The van der Waals surface area contributed by atoms with Gasteiger partial charge in [0.05, 0.1) is 11.5 Å². The van der Waals surface area contributed by atoms with Crippen molar-refractivity contribution >= 4 is 5.91 Å². The van der Waals surface area contributed by atoms with Crippen molar-refractivity contribution in [3.63, 3.8) is 0 Å². The Balaban J connectivity index is 1.66. The van der Waals surface area contributed by atoms with Gasteiger partial charge in [-0.15, -0.1) is 0 Å². The molecule has 1 atom stereocenters. The molecule has 3 aliphatic rings. The molecule has 3 rings (SSSR count). The number of aliphatic hydroxyl groups excluding tert-OH is 1. The third-order valence-corrected chi connectivity index (χ3v) is 5.13. The first-order valence-electron chi connectivity index (χ1n) is 7.41. The fraction of sp³-hybridized carbons (Fsp3) is 0.929. The molecule has 0 bridgehead atoms. The summed E-state index contributed by atoms with van der Waals surface area (Å²) in [6.45, 7) is 2.86. The van der Waals surface area contributed by atoms with E-state index < -0.39 is 0 Å². The standard InChI is InChI=1S/C14H24N2O2/c17-12-4-2-11(3-5-12)16-9-7-14(13(16)18)6-1-8-15-10-14/h11-12,15,17H,1-10H2/t11?,12?,14-/m1/s1. The Bertz CT molecular complexity index is 318. The quantitative estimate of drug-likeness (QED) is 0.729. The zero-order chi connectivity index (χ0) is 12.6. The first kappa shape index (κ1) is 12.4. The summed E-state index contributed by atoms with van der Waals surface area (Å²) < 4.78 is 0. The van der Waals surface area contributed by atoms with Crippen molar-refractivity contribution in [1.82, 2.24) is 10.2 Å². The van der Waals surface area contributed by atoms with Gasteiger partial charge in [0.15, 0.2) is 0 Å². The second kappa shape index (κ2) is 4.82. The minimum atomic E-state index is -0.135. The smallest absolute Gasteiger partial charge is 0.230 e. The van der Waals surface area contributed by atoms with Gasteiger partial charge in [-0.3, -0.25) is 4.79 Å². The van der Waals surface area contributed by atoms with Crippen LogP contribution in [-0.2, 0) is 4.79 Å². The Morgan fingerprint density at radius 1 is 1.22 bits per heavy atom. The van der Waals surface area contributed by atoms with Gasteiger partial charge in [-0.05, 0) is 51.5 Å². The number of nitrogens with zero attached hydrogens (tertiary/aromatic N) is 1. The van der Waals surface area contributed by atoms with E-state index in [0.29, 0.717) is 11.9 Å². The van der Waals surface area contributed by atoms with Crippen molar-refractivity contribution in [2.75, 3.05) is 19.6 Å². The third kappa shape index (κ3) is 2.05. The largest absolute Gasteiger partial charge is 0.393 e. The molecule has 0 aromatic heterocycles. The highest BCUT2D eigenvalue weighted by molar-refractivity contribution is 5.85. The van der Waals surface area contributed by atoms with E-state index in [4.69, 9.17) is 0 Å². The van der Waals surface area contributed by atoms with Crippen LogP contribution in [0.4, 0.5) is 0 Å². The van der Waals surface area contributed by atoms with Crippen LogP contribution in [0.1, 0.15) is 44.9 Å². The lowest BCUT2D eigenvalue weighted by atomic mass is 9.79. The number of aliphatic hydroxyl groups is 1. The lowest BCUT2D eigenvalue weighted by molar-refractivity contribution is -0.139. The summed E-state index contributed by atoms with van der Waals surface area (Å²) in [7, 11) is 0. The number of carbonyl (C=O) groups excluding carboxylic acids is 1. The Labute approximate surface area is 109 Å². The minimum absolute atomic E-state index is 0.0890. The number of carbonyl (C=O) groups is 1. The highest BCUT2D eigenvalue weighted by Gasteiger charge is 2.48. The molecule has 0 unspecified atom stereocenters. The number of rotatable bonds is 1. The van der Waals surface area contributed by atoms with Crippen LogP contribution in [0.2, 0.25) is 0 Å². The van der Waals surface area contributed by atoms with E-state index in [2.05, 4.69) is 10.2 Å². The van der Waals surface area contributed by atoms with Gasteiger partial charge >= 0.3 is 0 Å². The summed E-state index contributed by atoms with van der Waals surface area (Å²) in [4.78, 5) is 14.8. The Hall–Kier alpha value is -0.610. The molecule has 1 aliphatic carbocycles. The number of piperidine rings is 1. The van der Waals surface area contributed by atoms with Crippen LogP contribution in [0.5, 0.6) is 0 Å². The maximum absolute atomic E-state index is 12.7. The van der Waals surface area contributed by atoms with Gasteiger partial charge in [0.25, 0.3) is 0 Å². The Morgan fingerprint density at radius 2 is 2.00 bits per heavy atom. The zero-order valence-corrected chi connectivity index (χ0v) is 11.0. The number of hydrogen-bond acceptors (Lipinski definition) is 3. The van der Waals surface area contributed by atoms with Gasteiger partial charge in [-0.1, -0.05) is 0 Å². The lowest BCUT2D eigenvalue weighted by Gasteiger charge is -2.36. The fourth-order valence-electron chi connectivity index (χ4n) is 3.93. The first-order chi connectivity index (χ1) is 8.71. The van der Waals surface area contributed by atoms with Gasteiger partial charge in [0.1, 0.15) is 0 Å². The van der Waals surface area contributed by atoms with Crippen LogP contribution < -0.4 is 5.32 Å². The van der Waals surface area contributed by atoms with Gasteiger partial charge in [0.2, 0.25) is 5.91 Å². The minimum Gasteiger partial charge on any atom is -0.393 e. The molecule has 2 N–H and O–H groups in total. The van der Waals surface area contributed by atoms with Crippen molar-refractivity contribution in [3.05, 3.63) is 0 Å². The average Bonchev–Trinajstić information content (AvgIpc) is 2.70. The van der Waals surface area contributed by atoms with Crippen LogP contribution >= 0.6 is 0 Å². The zero-order valence-electron chi connectivity index (χ0n) is 11.0. The van der Waals surface area contributed by atoms with Gasteiger partial charge in [-0.25, -0.2) is 0 Å². The first-order valence-corrected chi connectivity index (χ1v) is 7.41. The van der Waals surface area contributed by atoms with Crippen LogP contribution in [0.3, 0.4) is 0 Å². The van der Waals surface area contributed by atoms with Crippen molar-refractivity contribution in [2.45, 2.75) is 57.1 Å². The predicted molar refractivity (Wildman–Crippen MR) is 69.1 cm³/mol. The molecule has 1 amide bonds. The summed E-state index contributed by atoms with van der Waals surface area (Å²) in [5.41, 5.74) is -0.0890. The van der Waals surface area contributed by atoms with Crippen molar-refractivity contribution in [3.8, 4) is 0 Å². The maximum Gasteiger partial charge on any atom is 0.230 e. The van der Waals surface area contributed by atoms with Gasteiger partial charge < -0.3 is 15.3 Å².